The molecule has 0 aliphatic heterocycles. The Morgan fingerprint density at radius 1 is 1.38 bits per heavy atom. The third-order valence-corrected chi connectivity index (χ3v) is 1.54. The fourth-order valence-electron chi connectivity index (χ4n) is 0.573. The number of halogens is 1. The maximum atomic E-state index is 4.20. The van der Waals surface area contributed by atoms with Gasteiger partial charge in [0.05, 0.1) is 0 Å². The number of hydrogen-bond acceptors (Lipinski definition) is 1. The van der Waals surface area contributed by atoms with Crippen LogP contribution in [0.15, 0.2) is 52.6 Å². The standard InChI is InChI=1S/C11H14BrN/c1-5-6-7-9(2)11(4)13-8-10(3)12/h5-8H,1-2H2,3-4H3/b7-6-,10-8+,13-11?. The molecule has 0 bridgehead atoms. The molecule has 70 valence electrons. The Labute approximate surface area is 88.4 Å². The van der Waals surface area contributed by atoms with Gasteiger partial charge in [0.25, 0.3) is 0 Å². The summed E-state index contributed by atoms with van der Waals surface area (Å²) in [6.45, 7) is 11.3. The Kier molecular flexibility index (Phi) is 6.15. The topological polar surface area (TPSA) is 12.4 Å². The van der Waals surface area contributed by atoms with E-state index in [1.807, 2.05) is 26.0 Å². The second-order valence-electron chi connectivity index (χ2n) is 2.55. The third kappa shape index (κ3) is 6.29. The molecule has 0 aromatic rings. The van der Waals surface area contributed by atoms with Gasteiger partial charge < -0.3 is 0 Å². The molecule has 0 aliphatic rings. The highest BCUT2D eigenvalue weighted by molar-refractivity contribution is 9.11. The molecule has 13 heavy (non-hydrogen) atoms. The highest BCUT2D eigenvalue weighted by Crippen LogP contribution is 2.04. The summed E-state index contributed by atoms with van der Waals surface area (Å²) in [6, 6.07) is 0. The smallest absolute Gasteiger partial charge is 0.0439 e. The molecule has 0 amide bonds. The van der Waals surface area contributed by atoms with Crippen LogP contribution < -0.4 is 0 Å². The average molecular weight is 240 g/mol. The number of allylic oxidation sites excluding steroid dienone is 5. The first-order valence-corrected chi connectivity index (χ1v) is 4.72. The van der Waals surface area contributed by atoms with Gasteiger partial charge in [0.15, 0.2) is 0 Å². The minimum absolute atomic E-state index is 0.893. The van der Waals surface area contributed by atoms with Gasteiger partial charge in [-0.25, -0.2) is 0 Å². The van der Waals surface area contributed by atoms with E-state index in [2.05, 4.69) is 34.1 Å². The molecular formula is C11H14BrN. The van der Waals surface area contributed by atoms with Crippen LogP contribution in [0.5, 0.6) is 0 Å². The normalized spacial score (nSPS) is 13.5. The highest BCUT2D eigenvalue weighted by atomic mass is 79.9. The summed E-state index contributed by atoms with van der Waals surface area (Å²) in [5.74, 6) is 0. The Bertz CT molecular complexity index is 278. The number of aliphatic imine (C=N–C) groups is 1. The van der Waals surface area contributed by atoms with E-state index in [0.29, 0.717) is 0 Å². The molecule has 0 radical (unpaired) electrons. The second kappa shape index (κ2) is 6.61. The van der Waals surface area contributed by atoms with Gasteiger partial charge in [-0.2, -0.15) is 0 Å². The van der Waals surface area contributed by atoms with Crippen LogP contribution in [0.1, 0.15) is 13.8 Å². The van der Waals surface area contributed by atoms with E-state index in [-0.39, 0.29) is 0 Å². The van der Waals surface area contributed by atoms with Crippen LogP contribution in [0.4, 0.5) is 0 Å². The molecule has 1 nitrogen and oxygen atoms in total. The molecule has 0 atom stereocenters. The molecule has 0 aromatic carbocycles. The summed E-state index contributed by atoms with van der Waals surface area (Å²) < 4.78 is 0.993. The molecule has 0 saturated heterocycles. The van der Waals surface area contributed by atoms with Gasteiger partial charge in [-0.3, -0.25) is 4.99 Å². The Morgan fingerprint density at radius 3 is 2.46 bits per heavy atom. The van der Waals surface area contributed by atoms with Gasteiger partial charge in [0.1, 0.15) is 0 Å². The first-order chi connectivity index (χ1) is 6.07. The van der Waals surface area contributed by atoms with E-state index in [9.17, 15) is 0 Å². The highest BCUT2D eigenvalue weighted by Gasteiger charge is 1.90. The van der Waals surface area contributed by atoms with Crippen LogP contribution >= 0.6 is 15.9 Å². The predicted octanol–water partition coefficient (Wildman–Crippen LogP) is 4.00. The molecule has 0 heterocycles. The molecule has 0 saturated carbocycles. The van der Waals surface area contributed by atoms with Gasteiger partial charge in [-0.15, -0.1) is 0 Å². The number of nitrogens with zero attached hydrogens (tertiary/aromatic N) is 1. The quantitative estimate of drug-likeness (QED) is 0.520. The van der Waals surface area contributed by atoms with E-state index in [1.165, 1.54) is 0 Å². The summed E-state index contributed by atoms with van der Waals surface area (Å²) in [6.07, 6.45) is 7.18. The van der Waals surface area contributed by atoms with Crippen molar-refractivity contribution in [2.24, 2.45) is 4.99 Å². The molecule has 0 rings (SSSR count). The third-order valence-electron chi connectivity index (χ3n) is 1.33. The lowest BCUT2D eigenvalue weighted by Gasteiger charge is -1.95. The van der Waals surface area contributed by atoms with Crippen molar-refractivity contribution in [3.05, 3.63) is 47.6 Å². The summed E-state index contributed by atoms with van der Waals surface area (Å²) in [5, 5.41) is 0. The van der Waals surface area contributed by atoms with Gasteiger partial charge in [0.2, 0.25) is 0 Å². The van der Waals surface area contributed by atoms with Crippen LogP contribution in [0, 0.1) is 0 Å². The first kappa shape index (κ1) is 12.1. The first-order valence-electron chi connectivity index (χ1n) is 3.93. The molecule has 0 N–H and O–H groups in total. The zero-order valence-corrected chi connectivity index (χ0v) is 9.63. The van der Waals surface area contributed by atoms with Crippen molar-refractivity contribution < 1.29 is 0 Å². The maximum Gasteiger partial charge on any atom is 0.0439 e. The number of hydrogen-bond donors (Lipinski definition) is 0. The summed E-state index contributed by atoms with van der Waals surface area (Å²) in [4.78, 5) is 4.20. The van der Waals surface area contributed by atoms with Crippen LogP contribution in [0.25, 0.3) is 0 Å². The largest absolute Gasteiger partial charge is 0.260 e. The minimum atomic E-state index is 0.893. The van der Waals surface area contributed by atoms with Crippen molar-refractivity contribution >= 4 is 21.6 Å². The van der Waals surface area contributed by atoms with E-state index in [1.54, 1.807) is 12.3 Å². The van der Waals surface area contributed by atoms with Crippen molar-refractivity contribution in [3.8, 4) is 0 Å². The van der Waals surface area contributed by atoms with Crippen LogP contribution in [0.3, 0.4) is 0 Å². The van der Waals surface area contributed by atoms with Crippen LogP contribution in [-0.2, 0) is 0 Å². The van der Waals surface area contributed by atoms with E-state index < -0.39 is 0 Å². The van der Waals surface area contributed by atoms with Crippen molar-refractivity contribution in [1.82, 2.24) is 0 Å². The predicted molar refractivity (Wildman–Crippen MR) is 64.3 cm³/mol. The maximum absolute atomic E-state index is 4.20. The minimum Gasteiger partial charge on any atom is -0.260 e. The van der Waals surface area contributed by atoms with E-state index in [4.69, 9.17) is 0 Å². The Balaban J connectivity index is 4.42. The Hall–Kier alpha value is -0.890. The fourth-order valence-corrected chi connectivity index (χ4v) is 0.676. The molecule has 0 unspecified atom stereocenters. The molecule has 2 heteroatoms. The molecule has 0 spiro atoms. The lowest BCUT2D eigenvalue weighted by atomic mass is 10.2. The van der Waals surface area contributed by atoms with Crippen molar-refractivity contribution in [3.63, 3.8) is 0 Å². The fraction of sp³-hybridized carbons (Fsp3) is 0.182. The summed E-state index contributed by atoms with van der Waals surface area (Å²) in [7, 11) is 0. The summed E-state index contributed by atoms with van der Waals surface area (Å²) in [5.41, 5.74) is 1.79. The lowest BCUT2D eigenvalue weighted by molar-refractivity contribution is 1.47. The second-order valence-corrected chi connectivity index (χ2v) is 3.80. The number of rotatable bonds is 4. The van der Waals surface area contributed by atoms with E-state index in [0.717, 1.165) is 15.8 Å². The average Bonchev–Trinajstić information content (AvgIpc) is 2.10. The van der Waals surface area contributed by atoms with Gasteiger partial charge in [0, 0.05) is 16.4 Å². The van der Waals surface area contributed by atoms with Crippen LogP contribution in [-0.4, -0.2) is 5.71 Å². The SMILES string of the molecule is C=C/C=C\C(=C)C(C)=N/C=C(\C)Br. The lowest BCUT2D eigenvalue weighted by Crippen LogP contribution is -1.91. The van der Waals surface area contributed by atoms with Crippen molar-refractivity contribution in [2.75, 3.05) is 0 Å². The van der Waals surface area contributed by atoms with Gasteiger partial charge in [-0.05, 0) is 19.4 Å². The molecule has 0 fully saturated rings. The van der Waals surface area contributed by atoms with Gasteiger partial charge >= 0.3 is 0 Å². The molecular weight excluding hydrogens is 226 g/mol. The van der Waals surface area contributed by atoms with Gasteiger partial charge in [-0.1, -0.05) is 47.3 Å². The zero-order valence-electron chi connectivity index (χ0n) is 8.05. The summed E-state index contributed by atoms with van der Waals surface area (Å²) >= 11 is 3.29. The van der Waals surface area contributed by atoms with Crippen LogP contribution in [0.2, 0.25) is 0 Å². The monoisotopic (exact) mass is 239 g/mol. The zero-order chi connectivity index (χ0) is 10.3. The molecule has 0 aromatic heterocycles. The van der Waals surface area contributed by atoms with Crippen molar-refractivity contribution in [2.45, 2.75) is 13.8 Å². The Morgan fingerprint density at radius 2 is 2.00 bits per heavy atom. The molecule has 0 aliphatic carbocycles. The van der Waals surface area contributed by atoms with Crippen molar-refractivity contribution in [1.29, 1.82) is 0 Å². The van der Waals surface area contributed by atoms with E-state index >= 15 is 0 Å².